The van der Waals surface area contributed by atoms with E-state index in [0.717, 1.165) is 50.2 Å². The number of piperidine rings is 1. The van der Waals surface area contributed by atoms with E-state index >= 15 is 0 Å². The van der Waals surface area contributed by atoms with Crippen LogP contribution in [0.25, 0.3) is 0 Å². The molecule has 0 aliphatic carbocycles. The number of ether oxygens (including phenoxy) is 4. The quantitative estimate of drug-likeness (QED) is 0.281. The van der Waals surface area contributed by atoms with Gasteiger partial charge in [-0.15, -0.1) is 0 Å². The number of nitrogens with one attached hydrogen (secondary N) is 1. The number of carbonyl (C=O) groups is 4. The van der Waals surface area contributed by atoms with Gasteiger partial charge in [0.15, 0.2) is 6.10 Å². The maximum atomic E-state index is 12.1. The molecule has 1 heterocycles. The molecule has 0 aromatic carbocycles. The van der Waals surface area contributed by atoms with E-state index in [1.807, 2.05) is 0 Å². The van der Waals surface area contributed by atoms with E-state index < -0.39 is 30.0 Å². The number of carbonyl (C=O) groups excluding carboxylic acids is 4. The number of hydrogen-bond acceptors (Lipinski definition) is 8. The Morgan fingerprint density at radius 3 is 1.65 bits per heavy atom. The minimum Gasteiger partial charge on any atom is -0.460 e. The van der Waals surface area contributed by atoms with Crippen LogP contribution >= 0.6 is 0 Å². The van der Waals surface area contributed by atoms with Crippen LogP contribution in [0.2, 0.25) is 0 Å². The summed E-state index contributed by atoms with van der Waals surface area (Å²) in [6, 6.07) is 0. The molecule has 0 aromatic heterocycles. The molecule has 1 saturated heterocycles. The van der Waals surface area contributed by atoms with E-state index in [1.165, 1.54) is 11.3 Å². The largest absolute Gasteiger partial charge is 0.460 e. The van der Waals surface area contributed by atoms with Crippen molar-refractivity contribution in [3.8, 4) is 0 Å². The molecule has 0 bridgehead atoms. The van der Waals surface area contributed by atoms with Gasteiger partial charge in [0.05, 0.1) is 25.3 Å². The SMILES string of the molecule is CC(C)OC(=O)/C=C/C(=O)OCC(C[NH+]1CCCCC1)OC(=O)/C=C/C(=O)OC(C)C. The van der Waals surface area contributed by atoms with Gasteiger partial charge in [0.1, 0.15) is 13.2 Å². The first-order valence-electron chi connectivity index (χ1n) is 10.6. The molecule has 0 spiro atoms. The highest BCUT2D eigenvalue weighted by molar-refractivity contribution is 5.92. The van der Waals surface area contributed by atoms with E-state index in [1.54, 1.807) is 27.7 Å². The first kappa shape index (κ1) is 26.4. The van der Waals surface area contributed by atoms with Crippen molar-refractivity contribution in [1.82, 2.24) is 0 Å². The zero-order valence-corrected chi connectivity index (χ0v) is 18.8. The maximum absolute atomic E-state index is 12.1. The van der Waals surface area contributed by atoms with Crippen LogP contribution in [0, 0.1) is 0 Å². The summed E-state index contributed by atoms with van der Waals surface area (Å²) >= 11 is 0. The summed E-state index contributed by atoms with van der Waals surface area (Å²) in [6.45, 7) is 8.99. The fourth-order valence-corrected chi connectivity index (χ4v) is 2.95. The molecular formula is C22H34NO8+. The predicted octanol–water partition coefficient (Wildman–Crippen LogP) is 0.526. The summed E-state index contributed by atoms with van der Waals surface area (Å²) in [7, 11) is 0. The van der Waals surface area contributed by atoms with Gasteiger partial charge in [-0.2, -0.15) is 0 Å². The highest BCUT2D eigenvalue weighted by Crippen LogP contribution is 2.00. The Bertz CT molecular complexity index is 662. The molecule has 1 unspecified atom stereocenters. The average Bonchev–Trinajstić information content (AvgIpc) is 2.68. The van der Waals surface area contributed by atoms with Crippen molar-refractivity contribution < 1.29 is 43.0 Å². The van der Waals surface area contributed by atoms with Crippen LogP contribution < -0.4 is 4.90 Å². The molecule has 0 saturated carbocycles. The fraction of sp³-hybridized carbons (Fsp3) is 0.636. The van der Waals surface area contributed by atoms with Crippen LogP contribution in [0.1, 0.15) is 47.0 Å². The number of hydrogen-bond donors (Lipinski definition) is 1. The van der Waals surface area contributed by atoms with Crippen molar-refractivity contribution in [2.75, 3.05) is 26.2 Å². The Balaban J connectivity index is 2.62. The van der Waals surface area contributed by atoms with E-state index in [-0.39, 0.29) is 18.8 Å². The Morgan fingerprint density at radius 2 is 1.16 bits per heavy atom. The molecule has 174 valence electrons. The lowest BCUT2D eigenvalue weighted by atomic mass is 10.1. The molecule has 31 heavy (non-hydrogen) atoms. The van der Waals surface area contributed by atoms with Gasteiger partial charge < -0.3 is 23.8 Å². The minimum absolute atomic E-state index is 0.165. The van der Waals surface area contributed by atoms with Crippen LogP contribution in [-0.2, 0) is 38.1 Å². The lowest BCUT2D eigenvalue weighted by Crippen LogP contribution is -3.14. The van der Waals surface area contributed by atoms with Crippen molar-refractivity contribution in [3.05, 3.63) is 24.3 Å². The number of quaternary nitrogens is 1. The van der Waals surface area contributed by atoms with Crippen molar-refractivity contribution in [1.29, 1.82) is 0 Å². The Labute approximate surface area is 183 Å². The second-order valence-electron chi connectivity index (χ2n) is 7.84. The first-order valence-corrected chi connectivity index (χ1v) is 10.6. The minimum atomic E-state index is -0.744. The monoisotopic (exact) mass is 440 g/mol. The van der Waals surface area contributed by atoms with Crippen molar-refractivity contribution >= 4 is 23.9 Å². The second kappa shape index (κ2) is 14.3. The molecule has 1 aliphatic rings. The topological polar surface area (TPSA) is 110 Å². The normalized spacial score (nSPS) is 15.9. The van der Waals surface area contributed by atoms with Gasteiger partial charge in [-0.25, -0.2) is 19.2 Å². The smallest absolute Gasteiger partial charge is 0.331 e. The molecule has 9 nitrogen and oxygen atoms in total. The van der Waals surface area contributed by atoms with E-state index in [9.17, 15) is 19.2 Å². The number of likely N-dealkylation sites (tertiary alicyclic amines) is 1. The van der Waals surface area contributed by atoms with E-state index in [2.05, 4.69) is 0 Å². The summed E-state index contributed by atoms with van der Waals surface area (Å²) in [5, 5.41) is 0. The van der Waals surface area contributed by atoms with Gasteiger partial charge in [0.25, 0.3) is 0 Å². The molecule has 1 fully saturated rings. The summed E-state index contributed by atoms with van der Waals surface area (Å²) in [5.74, 6) is -2.76. The van der Waals surface area contributed by atoms with Crippen LogP contribution in [0.15, 0.2) is 24.3 Å². The summed E-state index contributed by atoms with van der Waals surface area (Å²) in [6.07, 6.45) is 6.00. The molecule has 1 atom stereocenters. The summed E-state index contributed by atoms with van der Waals surface area (Å²) < 4.78 is 20.4. The van der Waals surface area contributed by atoms with Gasteiger partial charge in [0, 0.05) is 24.3 Å². The second-order valence-corrected chi connectivity index (χ2v) is 7.84. The van der Waals surface area contributed by atoms with Gasteiger partial charge in [-0.1, -0.05) is 0 Å². The van der Waals surface area contributed by atoms with Crippen molar-refractivity contribution in [2.24, 2.45) is 0 Å². The van der Waals surface area contributed by atoms with Crippen LogP contribution in [0.3, 0.4) is 0 Å². The Hall–Kier alpha value is -2.68. The first-order chi connectivity index (χ1) is 14.7. The Morgan fingerprint density at radius 1 is 0.710 bits per heavy atom. The third-order valence-corrected chi connectivity index (χ3v) is 4.19. The highest BCUT2D eigenvalue weighted by atomic mass is 16.6. The lowest BCUT2D eigenvalue weighted by Gasteiger charge is -2.27. The average molecular weight is 441 g/mol. The molecule has 9 heteroatoms. The molecule has 1 aliphatic heterocycles. The maximum Gasteiger partial charge on any atom is 0.331 e. The molecule has 1 rings (SSSR count). The fourth-order valence-electron chi connectivity index (χ4n) is 2.95. The highest BCUT2D eigenvalue weighted by Gasteiger charge is 2.23. The van der Waals surface area contributed by atoms with Crippen LogP contribution in [0.5, 0.6) is 0 Å². The predicted molar refractivity (Wildman–Crippen MR) is 111 cm³/mol. The van der Waals surface area contributed by atoms with Gasteiger partial charge in [0.2, 0.25) is 0 Å². The zero-order valence-electron chi connectivity index (χ0n) is 18.8. The lowest BCUT2D eigenvalue weighted by molar-refractivity contribution is -0.907. The standard InChI is InChI=1S/C22H33NO8/c1-16(2)29-20(25)9-8-19(24)28-15-18(14-23-12-6-5-7-13-23)31-22(27)11-10-21(26)30-17(3)4/h8-11,16-18H,5-7,12-15H2,1-4H3/p+1/b9-8+,11-10+. The number of esters is 4. The third kappa shape index (κ3) is 13.3. The third-order valence-electron chi connectivity index (χ3n) is 4.19. The molecule has 1 N–H and O–H groups in total. The van der Waals surface area contributed by atoms with Crippen molar-refractivity contribution in [2.45, 2.75) is 65.3 Å². The van der Waals surface area contributed by atoms with E-state index in [0.29, 0.717) is 6.54 Å². The van der Waals surface area contributed by atoms with Gasteiger partial charge in [-0.3, -0.25) is 0 Å². The molecule has 0 amide bonds. The van der Waals surface area contributed by atoms with Crippen LogP contribution in [0.4, 0.5) is 0 Å². The molecule has 0 aromatic rings. The Kier molecular flexibility index (Phi) is 12.2. The zero-order chi connectivity index (χ0) is 23.2. The molecular weight excluding hydrogens is 406 g/mol. The van der Waals surface area contributed by atoms with E-state index in [4.69, 9.17) is 18.9 Å². The van der Waals surface area contributed by atoms with Gasteiger partial charge >= 0.3 is 23.9 Å². The van der Waals surface area contributed by atoms with Crippen molar-refractivity contribution in [3.63, 3.8) is 0 Å². The summed E-state index contributed by atoms with van der Waals surface area (Å²) in [5.41, 5.74) is 0. The molecule has 0 radical (unpaired) electrons. The van der Waals surface area contributed by atoms with Crippen LogP contribution in [-0.4, -0.2) is 68.4 Å². The van der Waals surface area contributed by atoms with Gasteiger partial charge in [-0.05, 0) is 47.0 Å². The number of rotatable bonds is 11. The summed E-state index contributed by atoms with van der Waals surface area (Å²) in [4.78, 5) is 48.2.